The number of hydrogen-bond donors (Lipinski definition) is 1. The molecule has 1 heterocycles. The smallest absolute Gasteiger partial charge is 0.129 e. The SMILES string of the molecule is CCN(Cc1c(F)cccc1Cl)C1CCNC1. The maximum absolute atomic E-state index is 13.7. The van der Waals surface area contributed by atoms with E-state index in [0.717, 1.165) is 26.1 Å². The average Bonchev–Trinajstić information content (AvgIpc) is 2.82. The van der Waals surface area contributed by atoms with Crippen molar-refractivity contribution in [3.63, 3.8) is 0 Å². The number of benzene rings is 1. The van der Waals surface area contributed by atoms with Crippen molar-refractivity contribution in [2.24, 2.45) is 0 Å². The second-order valence-electron chi connectivity index (χ2n) is 4.41. The van der Waals surface area contributed by atoms with Crippen LogP contribution in [0.4, 0.5) is 4.39 Å². The number of likely N-dealkylation sites (N-methyl/N-ethyl adjacent to an activating group) is 1. The summed E-state index contributed by atoms with van der Waals surface area (Å²) in [5.41, 5.74) is 0.614. The molecule has 0 spiro atoms. The Morgan fingerprint density at radius 1 is 1.53 bits per heavy atom. The average molecular weight is 257 g/mol. The van der Waals surface area contributed by atoms with Crippen LogP contribution in [0.3, 0.4) is 0 Å². The molecule has 94 valence electrons. The van der Waals surface area contributed by atoms with Crippen molar-refractivity contribution in [1.82, 2.24) is 10.2 Å². The summed E-state index contributed by atoms with van der Waals surface area (Å²) in [7, 11) is 0. The van der Waals surface area contributed by atoms with E-state index in [1.807, 2.05) is 0 Å². The summed E-state index contributed by atoms with van der Waals surface area (Å²) in [4.78, 5) is 2.28. The summed E-state index contributed by atoms with van der Waals surface area (Å²) in [5.74, 6) is -0.207. The first-order valence-electron chi connectivity index (χ1n) is 6.10. The molecule has 1 N–H and O–H groups in total. The first-order chi connectivity index (χ1) is 8.22. The third kappa shape index (κ3) is 2.97. The van der Waals surface area contributed by atoms with Gasteiger partial charge in [0.2, 0.25) is 0 Å². The highest BCUT2D eigenvalue weighted by Gasteiger charge is 2.22. The first-order valence-corrected chi connectivity index (χ1v) is 6.47. The van der Waals surface area contributed by atoms with Crippen molar-refractivity contribution in [2.75, 3.05) is 19.6 Å². The van der Waals surface area contributed by atoms with Gasteiger partial charge in [-0.05, 0) is 31.6 Å². The highest BCUT2D eigenvalue weighted by atomic mass is 35.5. The van der Waals surface area contributed by atoms with E-state index in [1.165, 1.54) is 6.07 Å². The maximum Gasteiger partial charge on any atom is 0.129 e. The van der Waals surface area contributed by atoms with Gasteiger partial charge in [-0.3, -0.25) is 4.90 Å². The van der Waals surface area contributed by atoms with Gasteiger partial charge in [-0.1, -0.05) is 24.6 Å². The Morgan fingerprint density at radius 2 is 2.35 bits per heavy atom. The zero-order chi connectivity index (χ0) is 12.3. The van der Waals surface area contributed by atoms with Gasteiger partial charge >= 0.3 is 0 Å². The Morgan fingerprint density at radius 3 is 2.94 bits per heavy atom. The van der Waals surface area contributed by atoms with Crippen molar-refractivity contribution in [2.45, 2.75) is 25.9 Å². The fourth-order valence-electron chi connectivity index (χ4n) is 2.34. The second-order valence-corrected chi connectivity index (χ2v) is 4.82. The molecule has 1 aromatic rings. The summed E-state index contributed by atoms with van der Waals surface area (Å²) in [5, 5.41) is 3.86. The van der Waals surface area contributed by atoms with Crippen molar-refractivity contribution in [3.05, 3.63) is 34.6 Å². The van der Waals surface area contributed by atoms with Gasteiger partial charge in [-0.15, -0.1) is 0 Å². The van der Waals surface area contributed by atoms with Gasteiger partial charge in [0.15, 0.2) is 0 Å². The van der Waals surface area contributed by atoms with E-state index < -0.39 is 0 Å². The molecule has 1 aromatic carbocycles. The molecule has 1 atom stereocenters. The molecule has 0 bridgehead atoms. The minimum Gasteiger partial charge on any atom is -0.315 e. The number of halogens is 2. The van der Waals surface area contributed by atoms with Crippen LogP contribution in [0.25, 0.3) is 0 Å². The molecule has 0 saturated carbocycles. The lowest BCUT2D eigenvalue weighted by molar-refractivity contribution is 0.208. The molecule has 0 aliphatic carbocycles. The predicted octanol–water partition coefficient (Wildman–Crippen LogP) is 2.66. The van der Waals surface area contributed by atoms with Crippen LogP contribution in [0.2, 0.25) is 5.02 Å². The van der Waals surface area contributed by atoms with Gasteiger partial charge in [0, 0.05) is 29.7 Å². The summed E-state index contributed by atoms with van der Waals surface area (Å²) in [6.07, 6.45) is 1.12. The van der Waals surface area contributed by atoms with Gasteiger partial charge in [0.05, 0.1) is 0 Å². The summed E-state index contributed by atoms with van der Waals surface area (Å²) in [6.45, 7) is 5.64. The highest BCUT2D eigenvalue weighted by molar-refractivity contribution is 6.31. The molecule has 2 nitrogen and oxygen atoms in total. The Kier molecular flexibility index (Phi) is 4.37. The van der Waals surface area contributed by atoms with Crippen molar-refractivity contribution in [1.29, 1.82) is 0 Å². The van der Waals surface area contributed by atoms with Gasteiger partial charge in [-0.25, -0.2) is 4.39 Å². The molecule has 1 fully saturated rings. The van der Waals surface area contributed by atoms with Crippen LogP contribution in [0.1, 0.15) is 18.9 Å². The fourth-order valence-corrected chi connectivity index (χ4v) is 2.56. The normalized spacial score (nSPS) is 20.1. The lowest BCUT2D eigenvalue weighted by atomic mass is 10.1. The van der Waals surface area contributed by atoms with Crippen LogP contribution in [0.5, 0.6) is 0 Å². The molecule has 1 unspecified atom stereocenters. The van der Waals surface area contributed by atoms with Crippen LogP contribution in [0.15, 0.2) is 18.2 Å². The molecule has 2 rings (SSSR count). The summed E-state index contributed by atoms with van der Waals surface area (Å²) < 4.78 is 13.7. The van der Waals surface area contributed by atoms with E-state index in [1.54, 1.807) is 12.1 Å². The largest absolute Gasteiger partial charge is 0.315 e. The van der Waals surface area contributed by atoms with E-state index in [-0.39, 0.29) is 5.82 Å². The fraction of sp³-hybridized carbons (Fsp3) is 0.538. The molecule has 17 heavy (non-hydrogen) atoms. The molecule has 1 aliphatic heterocycles. The quantitative estimate of drug-likeness (QED) is 0.891. The van der Waals surface area contributed by atoms with Crippen LogP contribution in [-0.2, 0) is 6.54 Å². The van der Waals surface area contributed by atoms with Gasteiger partial charge in [-0.2, -0.15) is 0 Å². The maximum atomic E-state index is 13.7. The van der Waals surface area contributed by atoms with Crippen LogP contribution >= 0.6 is 11.6 Å². The van der Waals surface area contributed by atoms with Crippen molar-refractivity contribution < 1.29 is 4.39 Å². The van der Waals surface area contributed by atoms with Gasteiger partial charge in [0.1, 0.15) is 5.82 Å². The Bertz CT molecular complexity index is 357. The first kappa shape index (κ1) is 12.8. The molecular weight excluding hydrogens is 239 g/mol. The third-order valence-electron chi connectivity index (χ3n) is 3.38. The van der Waals surface area contributed by atoms with E-state index in [9.17, 15) is 4.39 Å². The molecule has 0 radical (unpaired) electrons. The zero-order valence-electron chi connectivity index (χ0n) is 10.0. The van der Waals surface area contributed by atoms with E-state index in [2.05, 4.69) is 17.1 Å². The van der Waals surface area contributed by atoms with E-state index in [4.69, 9.17) is 11.6 Å². The Balaban J connectivity index is 2.12. The topological polar surface area (TPSA) is 15.3 Å². The van der Waals surface area contributed by atoms with Gasteiger partial charge < -0.3 is 5.32 Å². The Labute approximate surface area is 107 Å². The highest BCUT2D eigenvalue weighted by Crippen LogP contribution is 2.22. The number of rotatable bonds is 4. The minimum absolute atomic E-state index is 0.207. The number of hydrogen-bond acceptors (Lipinski definition) is 2. The predicted molar refractivity (Wildman–Crippen MR) is 68.8 cm³/mol. The van der Waals surface area contributed by atoms with Gasteiger partial charge in [0.25, 0.3) is 0 Å². The standard InChI is InChI=1S/C13H18ClFN2/c1-2-17(10-6-7-16-8-10)9-11-12(14)4-3-5-13(11)15/h3-5,10,16H,2,6-9H2,1H3. The van der Waals surface area contributed by atoms with Crippen LogP contribution < -0.4 is 5.32 Å². The third-order valence-corrected chi connectivity index (χ3v) is 3.73. The summed E-state index contributed by atoms with van der Waals surface area (Å²) >= 11 is 6.05. The molecule has 1 aliphatic rings. The van der Waals surface area contributed by atoms with E-state index >= 15 is 0 Å². The van der Waals surface area contributed by atoms with Crippen LogP contribution in [0, 0.1) is 5.82 Å². The van der Waals surface area contributed by atoms with E-state index in [0.29, 0.717) is 23.2 Å². The Hall–Kier alpha value is -0.640. The zero-order valence-corrected chi connectivity index (χ0v) is 10.8. The molecule has 0 amide bonds. The number of nitrogens with zero attached hydrogens (tertiary/aromatic N) is 1. The number of nitrogens with one attached hydrogen (secondary N) is 1. The molecule has 4 heteroatoms. The monoisotopic (exact) mass is 256 g/mol. The summed E-state index contributed by atoms with van der Waals surface area (Å²) in [6, 6.07) is 5.37. The lowest BCUT2D eigenvalue weighted by Crippen LogP contribution is -2.36. The van der Waals surface area contributed by atoms with Crippen molar-refractivity contribution in [3.8, 4) is 0 Å². The molecular formula is C13H18ClFN2. The second kappa shape index (κ2) is 5.80. The van der Waals surface area contributed by atoms with Crippen LogP contribution in [-0.4, -0.2) is 30.6 Å². The molecule has 0 aromatic heterocycles. The molecule has 1 saturated heterocycles. The lowest BCUT2D eigenvalue weighted by Gasteiger charge is -2.27. The van der Waals surface area contributed by atoms with Crippen molar-refractivity contribution >= 4 is 11.6 Å². The minimum atomic E-state index is -0.207.